The Labute approximate surface area is 168 Å². The number of hydrogen-bond donors (Lipinski definition) is 2. The summed E-state index contributed by atoms with van der Waals surface area (Å²) in [6.45, 7) is 1.45. The van der Waals surface area contributed by atoms with Crippen LogP contribution in [0, 0.1) is 0 Å². The number of hydrogen-bond acceptors (Lipinski definition) is 7. The molecule has 0 spiro atoms. The van der Waals surface area contributed by atoms with Crippen LogP contribution in [0.5, 0.6) is 5.75 Å². The fourth-order valence-electron chi connectivity index (χ4n) is 3.39. The number of benzene rings is 1. The van der Waals surface area contributed by atoms with Gasteiger partial charge in [0.15, 0.2) is 0 Å². The van der Waals surface area contributed by atoms with Crippen LogP contribution in [0.1, 0.15) is 18.4 Å². The predicted octanol–water partition coefficient (Wildman–Crippen LogP) is 2.78. The van der Waals surface area contributed by atoms with Crippen molar-refractivity contribution in [2.24, 2.45) is 5.73 Å². The summed E-state index contributed by atoms with van der Waals surface area (Å²) in [5.74, 6) is 0.0992. The van der Waals surface area contributed by atoms with Gasteiger partial charge in [0.2, 0.25) is 10.1 Å². The Morgan fingerprint density at radius 2 is 2.03 bits per heavy atom. The van der Waals surface area contributed by atoms with E-state index in [0.29, 0.717) is 42.1 Å². The first-order valence-electron chi connectivity index (χ1n) is 9.02. The second-order valence-corrected chi connectivity index (χ2v) is 7.99. The molecule has 0 amide bonds. The summed E-state index contributed by atoms with van der Waals surface area (Å²) in [7, 11) is 1.33. The normalized spacial score (nSPS) is 17.1. The maximum absolute atomic E-state index is 13.0. The highest BCUT2D eigenvalue weighted by molar-refractivity contribution is 7.20. The Hall–Kier alpha value is -2.37. The molecule has 0 aliphatic carbocycles. The van der Waals surface area contributed by atoms with E-state index in [1.165, 1.54) is 24.5 Å². The van der Waals surface area contributed by atoms with E-state index in [1.54, 1.807) is 10.7 Å². The number of nitrogens with two attached hydrogens (primary N) is 1. The average Bonchev–Trinajstić information content (AvgIpc) is 3.28. The van der Waals surface area contributed by atoms with Gasteiger partial charge in [-0.1, -0.05) is 11.3 Å². The fourth-order valence-corrected chi connectivity index (χ4v) is 4.32. The molecule has 3 N–H and O–H groups in total. The molecule has 156 valence electrons. The van der Waals surface area contributed by atoms with Gasteiger partial charge in [0.05, 0.1) is 30.2 Å². The second-order valence-electron chi connectivity index (χ2n) is 7.05. The lowest BCUT2D eigenvalue weighted by Crippen LogP contribution is -2.48. The molecule has 3 aromatic rings. The molecule has 0 radical (unpaired) electrons. The van der Waals surface area contributed by atoms with Crippen molar-refractivity contribution in [3.05, 3.63) is 30.0 Å². The molecule has 0 unspecified atom stereocenters. The van der Waals surface area contributed by atoms with Gasteiger partial charge in [-0.05, 0) is 31.0 Å². The maximum Gasteiger partial charge on any atom is 0.416 e. The van der Waals surface area contributed by atoms with Gasteiger partial charge < -0.3 is 20.5 Å². The fraction of sp³-hybridized carbons (Fsp3) is 0.444. The van der Waals surface area contributed by atoms with Gasteiger partial charge in [-0.2, -0.15) is 13.2 Å². The summed E-state index contributed by atoms with van der Waals surface area (Å²) in [5.41, 5.74) is 5.04. The van der Waals surface area contributed by atoms with E-state index in [1.807, 2.05) is 0 Å². The van der Waals surface area contributed by atoms with Gasteiger partial charge in [-0.15, -0.1) is 5.10 Å². The molecule has 11 heteroatoms. The van der Waals surface area contributed by atoms with Crippen LogP contribution in [0.4, 0.5) is 18.3 Å². The second kappa shape index (κ2) is 7.15. The van der Waals surface area contributed by atoms with E-state index in [4.69, 9.17) is 10.5 Å². The standard InChI is InChI=1S/C18H20F3N5O2S/c1-28-14-8-11(18(19,20)21)2-3-12(14)13-9-23-15-26(13)24-16(29-15)25-6-4-17(27,10-22)5-7-25/h2-3,8-9,27H,4-7,10,22H2,1H3. The molecule has 0 atom stereocenters. The van der Waals surface area contributed by atoms with Crippen molar-refractivity contribution in [3.8, 4) is 17.0 Å². The average molecular weight is 427 g/mol. The molecule has 0 saturated carbocycles. The number of fused-ring (bicyclic) bond motifs is 1. The zero-order chi connectivity index (χ0) is 20.8. The summed E-state index contributed by atoms with van der Waals surface area (Å²) in [6, 6.07) is 3.36. The number of imidazole rings is 1. The van der Waals surface area contributed by atoms with Crippen molar-refractivity contribution < 1.29 is 23.0 Å². The number of ether oxygens (including phenoxy) is 1. The van der Waals surface area contributed by atoms with E-state index in [9.17, 15) is 18.3 Å². The number of methoxy groups -OCH3 is 1. The number of rotatable bonds is 4. The molecule has 1 aromatic carbocycles. The maximum atomic E-state index is 13.0. The Bertz CT molecular complexity index is 1020. The Kier molecular flexibility index (Phi) is 4.91. The van der Waals surface area contributed by atoms with Crippen molar-refractivity contribution in [2.45, 2.75) is 24.6 Å². The molecule has 1 aliphatic rings. The third kappa shape index (κ3) is 3.65. The predicted molar refractivity (Wildman–Crippen MR) is 103 cm³/mol. The van der Waals surface area contributed by atoms with Crippen molar-refractivity contribution in [2.75, 3.05) is 31.6 Å². The van der Waals surface area contributed by atoms with Gasteiger partial charge in [-0.3, -0.25) is 0 Å². The van der Waals surface area contributed by atoms with Crippen LogP contribution in [0.3, 0.4) is 0 Å². The quantitative estimate of drug-likeness (QED) is 0.666. The number of halogens is 3. The van der Waals surface area contributed by atoms with Gasteiger partial charge in [0.1, 0.15) is 5.75 Å². The minimum atomic E-state index is -4.45. The molecule has 29 heavy (non-hydrogen) atoms. The summed E-state index contributed by atoms with van der Waals surface area (Å²) in [4.78, 5) is 7.02. The molecular formula is C18H20F3N5O2S. The number of anilines is 1. The summed E-state index contributed by atoms with van der Waals surface area (Å²) in [6.07, 6.45) is -1.79. The lowest BCUT2D eigenvalue weighted by Gasteiger charge is -2.37. The molecule has 1 aliphatic heterocycles. The van der Waals surface area contributed by atoms with Gasteiger partial charge in [0, 0.05) is 25.2 Å². The summed E-state index contributed by atoms with van der Waals surface area (Å²) in [5, 5.41) is 15.6. The Morgan fingerprint density at radius 3 is 2.66 bits per heavy atom. The highest BCUT2D eigenvalue weighted by Gasteiger charge is 2.33. The molecule has 7 nitrogen and oxygen atoms in total. The van der Waals surface area contributed by atoms with E-state index >= 15 is 0 Å². The van der Waals surface area contributed by atoms with Crippen molar-refractivity contribution >= 4 is 21.4 Å². The SMILES string of the molecule is COc1cc(C(F)(F)F)ccc1-c1cnc2sc(N3CCC(O)(CN)CC3)nn12. The van der Waals surface area contributed by atoms with Crippen LogP contribution < -0.4 is 15.4 Å². The van der Waals surface area contributed by atoms with Crippen LogP contribution in [0.15, 0.2) is 24.4 Å². The van der Waals surface area contributed by atoms with Crippen LogP contribution in [-0.4, -0.2) is 52.0 Å². The zero-order valence-electron chi connectivity index (χ0n) is 15.6. The third-order valence-electron chi connectivity index (χ3n) is 5.22. The van der Waals surface area contributed by atoms with E-state index < -0.39 is 17.3 Å². The van der Waals surface area contributed by atoms with E-state index in [-0.39, 0.29) is 12.3 Å². The largest absolute Gasteiger partial charge is 0.496 e. The first-order valence-corrected chi connectivity index (χ1v) is 9.83. The molecule has 2 aromatic heterocycles. The summed E-state index contributed by atoms with van der Waals surface area (Å²) < 4.78 is 45.8. The highest BCUT2D eigenvalue weighted by Crippen LogP contribution is 2.38. The molecule has 3 heterocycles. The molecule has 0 bridgehead atoms. The van der Waals surface area contributed by atoms with Crippen LogP contribution >= 0.6 is 11.3 Å². The molecule has 1 saturated heterocycles. The monoisotopic (exact) mass is 427 g/mol. The van der Waals surface area contributed by atoms with Crippen molar-refractivity contribution in [1.29, 1.82) is 0 Å². The lowest BCUT2D eigenvalue weighted by molar-refractivity contribution is -0.137. The number of aliphatic hydroxyl groups is 1. The molecular weight excluding hydrogens is 407 g/mol. The topological polar surface area (TPSA) is 88.9 Å². The minimum Gasteiger partial charge on any atom is -0.496 e. The number of aromatic nitrogens is 3. The zero-order valence-corrected chi connectivity index (χ0v) is 16.4. The third-order valence-corrected chi connectivity index (χ3v) is 6.21. The first-order chi connectivity index (χ1) is 13.7. The van der Waals surface area contributed by atoms with E-state index in [2.05, 4.69) is 15.0 Å². The Balaban J connectivity index is 1.67. The smallest absolute Gasteiger partial charge is 0.416 e. The Morgan fingerprint density at radius 1 is 1.31 bits per heavy atom. The van der Waals surface area contributed by atoms with Gasteiger partial charge in [-0.25, -0.2) is 9.50 Å². The minimum absolute atomic E-state index is 0.0992. The number of piperidine rings is 1. The molecule has 1 fully saturated rings. The summed E-state index contributed by atoms with van der Waals surface area (Å²) >= 11 is 1.38. The highest BCUT2D eigenvalue weighted by atomic mass is 32.1. The van der Waals surface area contributed by atoms with Crippen LogP contribution in [0.25, 0.3) is 16.2 Å². The number of nitrogens with zero attached hydrogens (tertiary/aromatic N) is 4. The van der Waals surface area contributed by atoms with Gasteiger partial charge in [0.25, 0.3) is 0 Å². The van der Waals surface area contributed by atoms with Gasteiger partial charge >= 0.3 is 6.18 Å². The van der Waals surface area contributed by atoms with Crippen LogP contribution in [0.2, 0.25) is 0 Å². The number of alkyl halides is 3. The molecule has 4 rings (SSSR count). The lowest BCUT2D eigenvalue weighted by atomic mass is 9.92. The van der Waals surface area contributed by atoms with Crippen molar-refractivity contribution in [1.82, 2.24) is 14.6 Å². The first kappa shape index (κ1) is 19.9. The van der Waals surface area contributed by atoms with Crippen molar-refractivity contribution in [3.63, 3.8) is 0 Å². The van der Waals surface area contributed by atoms with Crippen LogP contribution in [-0.2, 0) is 6.18 Å². The van der Waals surface area contributed by atoms with E-state index in [0.717, 1.165) is 17.3 Å².